The Labute approximate surface area is 353 Å². The zero-order valence-corrected chi connectivity index (χ0v) is 36.6. The lowest BCUT2D eigenvalue weighted by Gasteiger charge is -2.39. The number of amides is 1. The summed E-state index contributed by atoms with van der Waals surface area (Å²) >= 11 is 0. The number of alkyl halides is 3. The lowest BCUT2D eigenvalue weighted by Crippen LogP contribution is -2.58. The highest BCUT2D eigenvalue weighted by Crippen LogP contribution is 2.44. The van der Waals surface area contributed by atoms with E-state index in [0.717, 1.165) is 6.42 Å². The molecular formula is C44H53F5N6O5Si. The maximum atomic E-state index is 17.6. The van der Waals surface area contributed by atoms with Gasteiger partial charge in [-0.05, 0) is 66.0 Å². The van der Waals surface area contributed by atoms with E-state index in [0.29, 0.717) is 23.7 Å². The van der Waals surface area contributed by atoms with Crippen molar-refractivity contribution in [2.24, 2.45) is 0 Å². The SMILES string of the molecule is COCOc1cc(-c2ncc3c(N4CCC(NC(=O)O)C(F)(F)C4)nc(OC[C@@]45CCCN4C[C@H](F)C5)nc3c2F)c2c(C#C[Si](C(C)C)(C(C)C)C(C)C)c(F)ccc2c1. The molecule has 0 radical (unpaired) electrons. The number of rotatable bonds is 12. The third kappa shape index (κ3) is 8.30. The molecule has 61 heavy (non-hydrogen) atoms. The molecule has 3 fully saturated rings. The summed E-state index contributed by atoms with van der Waals surface area (Å²) in [6, 6.07) is 4.12. The number of aromatic nitrogens is 3. The second kappa shape index (κ2) is 17.2. The Balaban J connectivity index is 1.42. The van der Waals surface area contributed by atoms with Gasteiger partial charge < -0.3 is 29.5 Å². The lowest BCUT2D eigenvalue weighted by molar-refractivity contribution is -0.0408. The molecule has 2 N–H and O–H groups in total. The van der Waals surface area contributed by atoms with E-state index in [1.54, 1.807) is 12.1 Å². The number of carboxylic acid groups (broad SMARTS) is 1. The number of anilines is 1. The minimum atomic E-state index is -3.53. The third-order valence-corrected chi connectivity index (χ3v) is 19.3. The fraction of sp³-hybridized carbons (Fsp3) is 0.545. The molecular weight excluding hydrogens is 816 g/mol. The highest BCUT2D eigenvalue weighted by atomic mass is 28.3. The normalized spacial score (nSPS) is 21.7. The molecule has 328 valence electrons. The van der Waals surface area contributed by atoms with Crippen LogP contribution in [0, 0.1) is 23.1 Å². The van der Waals surface area contributed by atoms with E-state index < -0.39 is 56.0 Å². The van der Waals surface area contributed by atoms with Gasteiger partial charge in [-0.3, -0.25) is 9.88 Å². The van der Waals surface area contributed by atoms with Gasteiger partial charge in [-0.15, -0.1) is 5.54 Å². The molecule has 0 spiro atoms. The van der Waals surface area contributed by atoms with Crippen LogP contribution in [0.5, 0.6) is 11.8 Å². The lowest BCUT2D eigenvalue weighted by atomic mass is 9.95. The highest BCUT2D eigenvalue weighted by molar-refractivity contribution is 6.90. The van der Waals surface area contributed by atoms with Gasteiger partial charge in [0.1, 0.15) is 49.4 Å². The molecule has 7 rings (SSSR count). The fourth-order valence-electron chi connectivity index (χ4n) is 10.1. The van der Waals surface area contributed by atoms with Crippen LogP contribution in [0.3, 0.4) is 0 Å². The number of carbonyl (C=O) groups is 1. The smallest absolute Gasteiger partial charge is 0.405 e. The summed E-state index contributed by atoms with van der Waals surface area (Å²) in [6.45, 7) is 12.7. The van der Waals surface area contributed by atoms with Crippen LogP contribution in [0.1, 0.15) is 72.8 Å². The first kappa shape index (κ1) is 44.3. The van der Waals surface area contributed by atoms with Crippen molar-refractivity contribution in [1.82, 2.24) is 25.2 Å². The predicted octanol–water partition coefficient (Wildman–Crippen LogP) is 9.11. The fourth-order valence-corrected chi connectivity index (χ4v) is 15.4. The monoisotopic (exact) mass is 868 g/mol. The first-order valence-electron chi connectivity index (χ1n) is 20.8. The number of nitrogens with zero attached hydrogens (tertiary/aromatic N) is 5. The molecule has 3 atom stereocenters. The maximum Gasteiger partial charge on any atom is 0.405 e. The molecule has 17 heteroatoms. The van der Waals surface area contributed by atoms with Gasteiger partial charge in [-0.25, -0.2) is 26.7 Å². The van der Waals surface area contributed by atoms with Crippen molar-refractivity contribution >= 4 is 41.7 Å². The van der Waals surface area contributed by atoms with Crippen LogP contribution in [-0.4, -0.2) is 109 Å². The summed E-state index contributed by atoms with van der Waals surface area (Å²) in [6.07, 6.45) is 0.0973. The van der Waals surface area contributed by atoms with Crippen molar-refractivity contribution in [2.45, 2.75) is 108 Å². The number of halogens is 5. The van der Waals surface area contributed by atoms with E-state index in [1.807, 2.05) is 10.2 Å². The summed E-state index contributed by atoms with van der Waals surface area (Å²) in [4.78, 5) is 28.2. The second-order valence-corrected chi connectivity index (χ2v) is 23.1. The van der Waals surface area contributed by atoms with Crippen LogP contribution in [-0.2, 0) is 4.74 Å². The molecule has 1 amide bonds. The molecule has 0 bridgehead atoms. The van der Waals surface area contributed by atoms with Crippen molar-refractivity contribution in [3.05, 3.63) is 47.7 Å². The number of benzene rings is 2. The van der Waals surface area contributed by atoms with E-state index in [2.05, 4.69) is 68.0 Å². The van der Waals surface area contributed by atoms with Crippen LogP contribution in [0.4, 0.5) is 32.6 Å². The number of methoxy groups -OCH3 is 1. The number of hydrogen-bond acceptors (Lipinski definition) is 9. The summed E-state index contributed by atoms with van der Waals surface area (Å²) in [5.41, 5.74) is 3.39. The minimum absolute atomic E-state index is 0.0109. The molecule has 2 aromatic heterocycles. The number of ether oxygens (including phenoxy) is 3. The van der Waals surface area contributed by atoms with Gasteiger partial charge in [-0.1, -0.05) is 53.5 Å². The summed E-state index contributed by atoms with van der Waals surface area (Å²) in [7, 11) is -0.927. The molecule has 5 heterocycles. The van der Waals surface area contributed by atoms with Crippen LogP contribution in [0.2, 0.25) is 16.6 Å². The van der Waals surface area contributed by atoms with Gasteiger partial charge in [0.2, 0.25) is 0 Å². The van der Waals surface area contributed by atoms with Gasteiger partial charge >= 0.3 is 12.1 Å². The van der Waals surface area contributed by atoms with Gasteiger partial charge in [0, 0.05) is 43.8 Å². The second-order valence-electron chi connectivity index (χ2n) is 17.5. The first-order chi connectivity index (χ1) is 28.9. The van der Waals surface area contributed by atoms with Crippen molar-refractivity contribution in [1.29, 1.82) is 0 Å². The molecule has 1 unspecified atom stereocenters. The van der Waals surface area contributed by atoms with Crippen molar-refractivity contribution in [3.63, 3.8) is 0 Å². The zero-order chi connectivity index (χ0) is 44.0. The van der Waals surface area contributed by atoms with E-state index in [-0.39, 0.29) is 101 Å². The Morgan fingerprint density at radius 3 is 2.48 bits per heavy atom. The number of fused-ring (bicyclic) bond motifs is 3. The van der Waals surface area contributed by atoms with Crippen molar-refractivity contribution in [2.75, 3.05) is 51.6 Å². The van der Waals surface area contributed by atoms with Crippen LogP contribution in [0.25, 0.3) is 32.9 Å². The Bertz CT molecular complexity index is 2350. The van der Waals surface area contributed by atoms with Gasteiger partial charge in [0.05, 0.1) is 29.1 Å². The number of piperidine rings is 1. The highest BCUT2D eigenvalue weighted by Gasteiger charge is 2.50. The molecule has 2 aromatic carbocycles. The topological polar surface area (TPSA) is 122 Å². The standard InChI is InChI=1S/C44H53F5N6O5Si/c1-25(2)61(26(3)4,27(5)6)16-12-31-34(46)10-9-28-17-30(60-24-58-7)18-32(36(28)31)38-37(47)39-33(20-50-38)40(54-15-11-35(51-42(56)57)44(48,49)22-54)53-41(52-39)59-23-43-13-8-14-55(43)21-29(45)19-43/h9-10,17-18,20,25-27,29,35,51H,8,11,13-15,19,21-24H2,1-7H3,(H,56,57)/t29-,35?,43+/m1/s1. The minimum Gasteiger partial charge on any atom is -0.468 e. The first-order valence-corrected chi connectivity index (χ1v) is 23.1. The van der Waals surface area contributed by atoms with E-state index >= 15 is 17.6 Å². The largest absolute Gasteiger partial charge is 0.468 e. The Morgan fingerprint density at radius 2 is 1.80 bits per heavy atom. The third-order valence-electron chi connectivity index (χ3n) is 13.0. The van der Waals surface area contributed by atoms with Gasteiger partial charge in [0.25, 0.3) is 5.92 Å². The van der Waals surface area contributed by atoms with E-state index in [1.165, 1.54) is 30.3 Å². The Hall–Kier alpha value is -4.79. The van der Waals surface area contributed by atoms with Crippen LogP contribution >= 0.6 is 0 Å². The predicted molar refractivity (Wildman–Crippen MR) is 226 cm³/mol. The quantitative estimate of drug-likeness (QED) is 0.0618. The summed E-state index contributed by atoms with van der Waals surface area (Å²) in [5, 5.41) is 11.9. The molecule has 11 nitrogen and oxygen atoms in total. The maximum absolute atomic E-state index is 17.6. The number of hydrogen-bond donors (Lipinski definition) is 2. The summed E-state index contributed by atoms with van der Waals surface area (Å²) in [5.74, 6) is -1.67. The van der Waals surface area contributed by atoms with Gasteiger partial charge in [0.15, 0.2) is 12.6 Å². The van der Waals surface area contributed by atoms with Crippen LogP contribution < -0.4 is 19.7 Å². The molecule has 0 aliphatic carbocycles. The average molecular weight is 869 g/mol. The Morgan fingerprint density at radius 1 is 1.07 bits per heavy atom. The Kier molecular flexibility index (Phi) is 12.5. The molecule has 3 aliphatic rings. The summed E-state index contributed by atoms with van der Waals surface area (Å²) < 4.78 is 96.8. The number of pyridine rings is 1. The van der Waals surface area contributed by atoms with Crippen LogP contribution in [0.15, 0.2) is 30.5 Å². The van der Waals surface area contributed by atoms with Crippen molar-refractivity contribution in [3.8, 4) is 34.5 Å². The molecule has 4 aromatic rings. The van der Waals surface area contributed by atoms with Crippen molar-refractivity contribution < 1.29 is 46.1 Å². The van der Waals surface area contributed by atoms with E-state index in [9.17, 15) is 14.3 Å². The van der Waals surface area contributed by atoms with Gasteiger partial charge in [-0.2, -0.15) is 9.97 Å². The average Bonchev–Trinajstić information content (AvgIpc) is 3.72. The van der Waals surface area contributed by atoms with E-state index in [4.69, 9.17) is 14.2 Å². The zero-order valence-electron chi connectivity index (χ0n) is 35.6. The molecule has 3 saturated heterocycles. The molecule has 0 saturated carbocycles. The number of nitrogens with one attached hydrogen (secondary N) is 1. The molecule has 3 aliphatic heterocycles.